The summed E-state index contributed by atoms with van der Waals surface area (Å²) in [6, 6.07) is 9.58. The molecule has 0 aliphatic rings. The fourth-order valence-corrected chi connectivity index (χ4v) is 4.53. The molecule has 0 aliphatic heterocycles. The lowest BCUT2D eigenvalue weighted by molar-refractivity contribution is 0.0994. The quantitative estimate of drug-likeness (QED) is 0.581. The third kappa shape index (κ3) is 4.18. The lowest BCUT2D eigenvalue weighted by Gasteiger charge is -2.07. The van der Waals surface area contributed by atoms with Gasteiger partial charge in [0.25, 0.3) is 5.91 Å². The van der Waals surface area contributed by atoms with Gasteiger partial charge in [0.2, 0.25) is 0 Å². The Kier molecular flexibility index (Phi) is 5.77. The zero-order valence-electron chi connectivity index (χ0n) is 16.0. The standard InChI is InChI=1S/C20H18N2O5S2/c1-5-10-22-16-8-7-14(29(4,24)25)12-18(16)28-20(22)21-19(23)15-11-13(26-2)6-9-17(15)27-3/h1,6-9,11-12H,10H2,2-4H3. The fourth-order valence-electron chi connectivity index (χ4n) is 2.74. The Bertz CT molecular complexity index is 1310. The summed E-state index contributed by atoms with van der Waals surface area (Å²) in [5.74, 6) is 2.87. The van der Waals surface area contributed by atoms with E-state index in [9.17, 15) is 13.2 Å². The van der Waals surface area contributed by atoms with Gasteiger partial charge in [-0.05, 0) is 36.4 Å². The Morgan fingerprint density at radius 1 is 1.21 bits per heavy atom. The number of amides is 1. The van der Waals surface area contributed by atoms with E-state index >= 15 is 0 Å². The number of carbonyl (C=O) groups is 1. The zero-order chi connectivity index (χ0) is 21.2. The minimum atomic E-state index is -3.36. The zero-order valence-corrected chi connectivity index (χ0v) is 17.6. The molecule has 0 bridgehead atoms. The molecule has 29 heavy (non-hydrogen) atoms. The van der Waals surface area contributed by atoms with Crippen LogP contribution in [0.5, 0.6) is 11.5 Å². The predicted octanol–water partition coefficient (Wildman–Crippen LogP) is 2.50. The first kappa shape index (κ1) is 20.6. The number of ether oxygens (including phenoxy) is 2. The number of carbonyl (C=O) groups excluding carboxylic acids is 1. The van der Waals surface area contributed by atoms with Crippen LogP contribution >= 0.6 is 11.3 Å². The molecule has 7 nitrogen and oxygen atoms in total. The normalized spacial score (nSPS) is 12.0. The number of fused-ring (bicyclic) bond motifs is 1. The van der Waals surface area contributed by atoms with Crippen molar-refractivity contribution in [3.8, 4) is 23.8 Å². The van der Waals surface area contributed by atoms with Crippen LogP contribution < -0.4 is 14.3 Å². The second kappa shape index (κ2) is 8.11. The van der Waals surface area contributed by atoms with E-state index in [1.165, 1.54) is 31.6 Å². The van der Waals surface area contributed by atoms with Crippen molar-refractivity contribution in [2.24, 2.45) is 4.99 Å². The number of terminal acetylenes is 1. The molecular weight excluding hydrogens is 412 g/mol. The molecule has 0 unspecified atom stereocenters. The minimum Gasteiger partial charge on any atom is -0.497 e. The number of hydrogen-bond acceptors (Lipinski definition) is 6. The van der Waals surface area contributed by atoms with Crippen LogP contribution in [-0.4, -0.2) is 39.4 Å². The summed E-state index contributed by atoms with van der Waals surface area (Å²) in [4.78, 5) is 17.6. The first-order chi connectivity index (χ1) is 13.8. The van der Waals surface area contributed by atoms with Crippen molar-refractivity contribution in [3.63, 3.8) is 0 Å². The lowest BCUT2D eigenvalue weighted by Crippen LogP contribution is -2.16. The lowest BCUT2D eigenvalue weighted by atomic mass is 10.2. The van der Waals surface area contributed by atoms with E-state index in [4.69, 9.17) is 15.9 Å². The van der Waals surface area contributed by atoms with Gasteiger partial charge < -0.3 is 14.0 Å². The summed E-state index contributed by atoms with van der Waals surface area (Å²) in [6.07, 6.45) is 6.62. The molecule has 3 rings (SSSR count). The molecule has 1 amide bonds. The van der Waals surface area contributed by atoms with E-state index in [0.29, 0.717) is 26.5 Å². The van der Waals surface area contributed by atoms with E-state index in [1.807, 2.05) is 0 Å². The van der Waals surface area contributed by atoms with Gasteiger partial charge in [-0.15, -0.1) is 6.42 Å². The van der Waals surface area contributed by atoms with Gasteiger partial charge in [-0.1, -0.05) is 17.3 Å². The molecule has 0 fully saturated rings. The van der Waals surface area contributed by atoms with Crippen molar-refractivity contribution in [2.75, 3.05) is 20.5 Å². The second-order valence-electron chi connectivity index (χ2n) is 6.06. The molecule has 1 aromatic heterocycles. The van der Waals surface area contributed by atoms with E-state index in [-0.39, 0.29) is 17.0 Å². The maximum absolute atomic E-state index is 12.9. The molecule has 0 saturated heterocycles. The Balaban J connectivity index is 2.20. The molecule has 3 aromatic rings. The van der Waals surface area contributed by atoms with Crippen LogP contribution in [0.2, 0.25) is 0 Å². The molecule has 2 aromatic carbocycles. The van der Waals surface area contributed by atoms with Gasteiger partial charge >= 0.3 is 0 Å². The van der Waals surface area contributed by atoms with Gasteiger partial charge in [-0.3, -0.25) is 4.79 Å². The summed E-state index contributed by atoms with van der Waals surface area (Å²) in [7, 11) is -0.403. The van der Waals surface area contributed by atoms with Crippen LogP contribution in [0.25, 0.3) is 10.2 Å². The Labute approximate surface area is 172 Å². The van der Waals surface area contributed by atoms with Gasteiger partial charge in [0, 0.05) is 6.26 Å². The average molecular weight is 431 g/mol. The molecule has 0 atom stereocenters. The number of rotatable bonds is 5. The van der Waals surface area contributed by atoms with E-state index < -0.39 is 15.7 Å². The largest absolute Gasteiger partial charge is 0.497 e. The number of hydrogen-bond donors (Lipinski definition) is 0. The smallest absolute Gasteiger partial charge is 0.283 e. The molecule has 0 saturated carbocycles. The Morgan fingerprint density at radius 2 is 1.97 bits per heavy atom. The van der Waals surface area contributed by atoms with Crippen LogP contribution in [0.1, 0.15) is 10.4 Å². The maximum atomic E-state index is 12.9. The van der Waals surface area contributed by atoms with Crippen molar-refractivity contribution < 1.29 is 22.7 Å². The number of nitrogens with zero attached hydrogens (tertiary/aromatic N) is 2. The summed E-state index contributed by atoms with van der Waals surface area (Å²) in [5, 5.41) is 0. The van der Waals surface area contributed by atoms with Crippen molar-refractivity contribution in [2.45, 2.75) is 11.4 Å². The van der Waals surface area contributed by atoms with Crippen LogP contribution in [0, 0.1) is 12.3 Å². The van der Waals surface area contributed by atoms with Crippen molar-refractivity contribution in [1.29, 1.82) is 0 Å². The first-order valence-corrected chi connectivity index (χ1v) is 11.1. The first-order valence-electron chi connectivity index (χ1n) is 8.36. The summed E-state index contributed by atoms with van der Waals surface area (Å²) in [5.41, 5.74) is 0.942. The highest BCUT2D eigenvalue weighted by Gasteiger charge is 2.16. The van der Waals surface area contributed by atoms with E-state index in [0.717, 1.165) is 6.26 Å². The van der Waals surface area contributed by atoms with Crippen molar-refractivity contribution in [1.82, 2.24) is 4.57 Å². The predicted molar refractivity (Wildman–Crippen MR) is 111 cm³/mol. The number of benzene rings is 2. The van der Waals surface area contributed by atoms with Crippen LogP contribution in [0.3, 0.4) is 0 Å². The molecule has 9 heteroatoms. The summed E-state index contributed by atoms with van der Waals surface area (Å²) < 4.78 is 36.5. The van der Waals surface area contributed by atoms with Crippen LogP contribution in [-0.2, 0) is 16.4 Å². The molecule has 0 aliphatic carbocycles. The third-order valence-corrected chi connectivity index (χ3v) is 6.32. The number of methoxy groups -OCH3 is 2. The van der Waals surface area contributed by atoms with Gasteiger partial charge in [0.1, 0.15) is 11.5 Å². The number of aromatic nitrogens is 1. The van der Waals surface area contributed by atoms with Crippen molar-refractivity contribution in [3.05, 3.63) is 46.8 Å². The van der Waals surface area contributed by atoms with Crippen molar-refractivity contribution >= 4 is 37.3 Å². The minimum absolute atomic E-state index is 0.180. The number of thiazole rings is 1. The SMILES string of the molecule is C#CCn1c(=NC(=O)c2cc(OC)ccc2OC)sc2cc(S(C)(=O)=O)ccc21. The third-order valence-electron chi connectivity index (χ3n) is 4.17. The topological polar surface area (TPSA) is 87.0 Å². The molecule has 0 radical (unpaired) electrons. The van der Waals surface area contributed by atoms with E-state index in [2.05, 4.69) is 10.9 Å². The Hall–Kier alpha value is -3.09. The summed E-state index contributed by atoms with van der Waals surface area (Å²) >= 11 is 1.18. The highest BCUT2D eigenvalue weighted by Crippen LogP contribution is 2.25. The van der Waals surface area contributed by atoms with Gasteiger partial charge in [0.05, 0.1) is 41.4 Å². The molecule has 1 heterocycles. The van der Waals surface area contributed by atoms with Gasteiger partial charge in [0.15, 0.2) is 14.6 Å². The highest BCUT2D eigenvalue weighted by atomic mass is 32.2. The molecular formula is C20H18N2O5S2. The monoisotopic (exact) mass is 430 g/mol. The average Bonchev–Trinajstić information content (AvgIpc) is 3.03. The van der Waals surface area contributed by atoms with Gasteiger partial charge in [-0.25, -0.2) is 8.42 Å². The highest BCUT2D eigenvalue weighted by molar-refractivity contribution is 7.90. The molecule has 0 N–H and O–H groups in total. The Morgan fingerprint density at radius 3 is 2.59 bits per heavy atom. The van der Waals surface area contributed by atoms with E-state index in [1.54, 1.807) is 34.9 Å². The maximum Gasteiger partial charge on any atom is 0.283 e. The molecule has 150 valence electrons. The summed E-state index contributed by atoms with van der Waals surface area (Å²) in [6.45, 7) is 0.180. The molecule has 0 spiro atoms. The second-order valence-corrected chi connectivity index (χ2v) is 9.08. The fraction of sp³-hybridized carbons (Fsp3) is 0.200. The van der Waals surface area contributed by atoms with Gasteiger partial charge in [-0.2, -0.15) is 4.99 Å². The number of sulfone groups is 1. The van der Waals surface area contributed by atoms with Crippen LogP contribution in [0.15, 0.2) is 46.3 Å². The van der Waals surface area contributed by atoms with Crippen LogP contribution in [0.4, 0.5) is 0 Å².